The molecular formula is C13H19N5O3. The lowest BCUT2D eigenvalue weighted by Crippen LogP contribution is -2.52. The third kappa shape index (κ3) is 3.47. The monoisotopic (exact) mass is 293 g/mol. The molecule has 0 radical (unpaired) electrons. The molecule has 0 aromatic heterocycles. The molecule has 8 heteroatoms. The third-order valence-electron chi connectivity index (χ3n) is 3.50. The number of hydrazine groups is 1. The summed E-state index contributed by atoms with van der Waals surface area (Å²) in [5, 5.41) is 15.6. The number of nitro groups is 1. The maximum absolute atomic E-state index is 12.3. The van der Waals surface area contributed by atoms with Crippen molar-refractivity contribution < 1.29 is 9.72 Å². The number of piperazine rings is 1. The highest BCUT2D eigenvalue weighted by atomic mass is 16.6. The van der Waals surface area contributed by atoms with E-state index in [9.17, 15) is 14.9 Å². The van der Waals surface area contributed by atoms with Gasteiger partial charge in [-0.15, -0.1) is 0 Å². The summed E-state index contributed by atoms with van der Waals surface area (Å²) in [5.74, 6) is -0.340. The van der Waals surface area contributed by atoms with Crippen LogP contribution >= 0.6 is 0 Å². The molecular weight excluding hydrogens is 274 g/mol. The summed E-state index contributed by atoms with van der Waals surface area (Å²) in [6.07, 6.45) is 0. The van der Waals surface area contributed by atoms with Crippen molar-refractivity contribution >= 4 is 17.3 Å². The number of anilines is 1. The standard InChI is InChI=1S/C13H19N5O3/c1-14-12-10(4-3-5-11(12)18(20)21)13(19)15-17-8-6-16(2)7-9-17/h3-5,14H,6-9H2,1-2H3,(H,15,19). The Bertz CT molecular complexity index is 541. The number of nitro benzene ring substituents is 1. The molecule has 0 bridgehead atoms. The summed E-state index contributed by atoms with van der Waals surface area (Å²) in [7, 11) is 3.59. The third-order valence-corrected chi connectivity index (χ3v) is 3.50. The lowest BCUT2D eigenvalue weighted by atomic mass is 10.1. The maximum Gasteiger partial charge on any atom is 0.293 e. The zero-order valence-corrected chi connectivity index (χ0v) is 12.1. The average Bonchev–Trinajstić information content (AvgIpc) is 2.48. The Hall–Kier alpha value is -2.19. The molecule has 2 rings (SSSR count). The van der Waals surface area contributed by atoms with E-state index in [2.05, 4.69) is 15.6 Å². The van der Waals surface area contributed by atoms with Gasteiger partial charge in [-0.3, -0.25) is 20.3 Å². The minimum Gasteiger partial charge on any atom is -0.382 e. The number of hydrogen-bond acceptors (Lipinski definition) is 6. The summed E-state index contributed by atoms with van der Waals surface area (Å²) in [6, 6.07) is 4.46. The van der Waals surface area contributed by atoms with Gasteiger partial charge in [-0.1, -0.05) is 6.07 Å². The number of carbonyl (C=O) groups is 1. The van der Waals surface area contributed by atoms with Crippen LogP contribution in [0.1, 0.15) is 10.4 Å². The van der Waals surface area contributed by atoms with Gasteiger partial charge >= 0.3 is 0 Å². The number of para-hydroxylation sites is 1. The van der Waals surface area contributed by atoms with Crippen molar-refractivity contribution in [3.63, 3.8) is 0 Å². The van der Waals surface area contributed by atoms with Crippen LogP contribution in [0.25, 0.3) is 0 Å². The van der Waals surface area contributed by atoms with Crippen LogP contribution in [-0.2, 0) is 0 Å². The normalized spacial score (nSPS) is 16.5. The smallest absolute Gasteiger partial charge is 0.293 e. The predicted octanol–water partition coefficient (Wildman–Crippen LogP) is 0.529. The van der Waals surface area contributed by atoms with Crippen LogP contribution in [-0.4, -0.2) is 61.0 Å². The van der Waals surface area contributed by atoms with Crippen molar-refractivity contribution in [2.24, 2.45) is 0 Å². The number of nitrogens with one attached hydrogen (secondary N) is 2. The second kappa shape index (κ2) is 6.51. The van der Waals surface area contributed by atoms with E-state index in [-0.39, 0.29) is 22.8 Å². The molecule has 1 saturated heterocycles. The van der Waals surface area contributed by atoms with Gasteiger partial charge in [-0.25, -0.2) is 5.01 Å². The van der Waals surface area contributed by atoms with Crippen molar-refractivity contribution in [1.29, 1.82) is 0 Å². The van der Waals surface area contributed by atoms with Crippen LogP contribution in [0.15, 0.2) is 18.2 Å². The van der Waals surface area contributed by atoms with Crippen LogP contribution in [0.4, 0.5) is 11.4 Å². The van der Waals surface area contributed by atoms with E-state index >= 15 is 0 Å². The van der Waals surface area contributed by atoms with Gasteiger partial charge < -0.3 is 10.2 Å². The molecule has 1 amide bonds. The van der Waals surface area contributed by atoms with Crippen molar-refractivity contribution in [3.05, 3.63) is 33.9 Å². The molecule has 114 valence electrons. The lowest BCUT2D eigenvalue weighted by molar-refractivity contribution is -0.384. The predicted molar refractivity (Wildman–Crippen MR) is 79.2 cm³/mol. The van der Waals surface area contributed by atoms with Gasteiger partial charge in [0.15, 0.2) is 0 Å². The molecule has 8 nitrogen and oxygen atoms in total. The number of likely N-dealkylation sites (N-methyl/N-ethyl adjacent to an activating group) is 1. The quantitative estimate of drug-likeness (QED) is 0.621. The first kappa shape index (κ1) is 15.2. The van der Waals surface area contributed by atoms with Gasteiger partial charge in [0, 0.05) is 39.3 Å². The van der Waals surface area contributed by atoms with E-state index in [1.807, 2.05) is 12.1 Å². The van der Waals surface area contributed by atoms with E-state index in [0.717, 1.165) is 26.2 Å². The number of amides is 1. The molecule has 1 aliphatic rings. The second-order valence-electron chi connectivity index (χ2n) is 4.94. The maximum atomic E-state index is 12.3. The van der Waals surface area contributed by atoms with Crippen molar-refractivity contribution in [3.8, 4) is 0 Å². The second-order valence-corrected chi connectivity index (χ2v) is 4.94. The van der Waals surface area contributed by atoms with E-state index < -0.39 is 4.92 Å². The van der Waals surface area contributed by atoms with Gasteiger partial charge in [-0.05, 0) is 13.1 Å². The summed E-state index contributed by atoms with van der Waals surface area (Å²) >= 11 is 0. The summed E-state index contributed by atoms with van der Waals surface area (Å²) < 4.78 is 0. The Morgan fingerprint density at radius 3 is 2.52 bits per heavy atom. The minimum absolute atomic E-state index is 0.108. The summed E-state index contributed by atoms with van der Waals surface area (Å²) in [5.41, 5.74) is 3.19. The van der Waals surface area contributed by atoms with E-state index in [1.165, 1.54) is 12.1 Å². The number of benzene rings is 1. The Morgan fingerprint density at radius 2 is 1.95 bits per heavy atom. The number of rotatable bonds is 4. The van der Waals surface area contributed by atoms with Gasteiger partial charge in [0.25, 0.3) is 11.6 Å². The fourth-order valence-electron chi connectivity index (χ4n) is 2.27. The molecule has 0 unspecified atom stereocenters. The highest BCUT2D eigenvalue weighted by molar-refractivity contribution is 6.01. The van der Waals surface area contributed by atoms with Crippen LogP contribution in [0.5, 0.6) is 0 Å². The highest BCUT2D eigenvalue weighted by Gasteiger charge is 2.22. The topological polar surface area (TPSA) is 90.8 Å². The molecule has 0 atom stereocenters. The molecule has 1 heterocycles. The van der Waals surface area contributed by atoms with Crippen molar-refractivity contribution in [1.82, 2.24) is 15.3 Å². The van der Waals surface area contributed by atoms with E-state index in [4.69, 9.17) is 0 Å². The van der Waals surface area contributed by atoms with Crippen LogP contribution in [0.3, 0.4) is 0 Å². The lowest BCUT2D eigenvalue weighted by Gasteiger charge is -2.32. The molecule has 1 aromatic rings. The molecule has 1 aromatic carbocycles. The minimum atomic E-state index is -0.502. The number of carbonyl (C=O) groups excluding carboxylic acids is 1. The van der Waals surface area contributed by atoms with Gasteiger partial charge in [0.1, 0.15) is 5.69 Å². The number of nitrogens with zero attached hydrogens (tertiary/aromatic N) is 3. The fourth-order valence-corrected chi connectivity index (χ4v) is 2.27. The fraction of sp³-hybridized carbons (Fsp3) is 0.462. The average molecular weight is 293 g/mol. The Morgan fingerprint density at radius 1 is 1.29 bits per heavy atom. The summed E-state index contributed by atoms with van der Waals surface area (Å²) in [4.78, 5) is 25.0. The van der Waals surface area contributed by atoms with Crippen LogP contribution in [0.2, 0.25) is 0 Å². The Labute approximate surface area is 122 Å². The number of hydrogen-bond donors (Lipinski definition) is 2. The molecule has 1 aliphatic heterocycles. The Balaban J connectivity index is 2.15. The zero-order chi connectivity index (χ0) is 15.4. The van der Waals surface area contributed by atoms with Gasteiger partial charge in [0.05, 0.1) is 10.5 Å². The zero-order valence-electron chi connectivity index (χ0n) is 12.1. The molecule has 0 aliphatic carbocycles. The Kier molecular flexibility index (Phi) is 4.71. The van der Waals surface area contributed by atoms with E-state index in [0.29, 0.717) is 0 Å². The van der Waals surface area contributed by atoms with Crippen molar-refractivity contribution in [2.45, 2.75) is 0 Å². The van der Waals surface area contributed by atoms with Gasteiger partial charge in [-0.2, -0.15) is 0 Å². The van der Waals surface area contributed by atoms with Crippen LogP contribution in [0, 0.1) is 10.1 Å². The van der Waals surface area contributed by atoms with Gasteiger partial charge in [0.2, 0.25) is 0 Å². The molecule has 2 N–H and O–H groups in total. The largest absolute Gasteiger partial charge is 0.382 e. The van der Waals surface area contributed by atoms with Crippen molar-refractivity contribution in [2.75, 3.05) is 45.6 Å². The first-order valence-corrected chi connectivity index (χ1v) is 6.72. The first-order chi connectivity index (χ1) is 10.0. The molecule has 0 saturated carbocycles. The molecule has 21 heavy (non-hydrogen) atoms. The molecule has 1 fully saturated rings. The first-order valence-electron chi connectivity index (χ1n) is 6.72. The highest BCUT2D eigenvalue weighted by Crippen LogP contribution is 2.27. The summed E-state index contributed by atoms with van der Waals surface area (Å²) in [6.45, 7) is 3.19. The van der Waals surface area contributed by atoms with Crippen LogP contribution < -0.4 is 10.7 Å². The van der Waals surface area contributed by atoms with E-state index in [1.54, 1.807) is 13.1 Å². The molecule has 0 spiro atoms. The SMILES string of the molecule is CNc1c(C(=O)NN2CCN(C)CC2)cccc1[N+](=O)[O-].